The fraction of sp³-hybridized carbons (Fsp3) is 0.250. The smallest absolute Gasteiger partial charge is 0.435 e. The van der Waals surface area contributed by atoms with Crippen LogP contribution in [0.25, 0.3) is 34.5 Å². The number of carboxylic acid groups (broad SMARTS) is 1. The molecule has 6 N–H and O–H groups in total. The van der Waals surface area contributed by atoms with E-state index in [1.165, 1.54) is 24.5 Å². The largest absolute Gasteiger partial charge is 0.478 e. The molecule has 0 bridgehead atoms. The molecule has 27 heteroatoms. The first-order chi connectivity index (χ1) is 35.6. The van der Waals surface area contributed by atoms with E-state index in [1.807, 2.05) is 27.7 Å². The van der Waals surface area contributed by atoms with Crippen molar-refractivity contribution < 1.29 is 59.5 Å². The summed E-state index contributed by atoms with van der Waals surface area (Å²) in [6, 6.07) is 22.4. The predicted molar refractivity (Wildman–Crippen MR) is 253 cm³/mol. The number of carbonyl (C=O) groups excluding carboxylic acids is 3. The summed E-state index contributed by atoms with van der Waals surface area (Å²) >= 11 is 0. The second-order valence-corrected chi connectivity index (χ2v) is 16.3. The van der Waals surface area contributed by atoms with E-state index in [-0.39, 0.29) is 55.0 Å². The van der Waals surface area contributed by atoms with Gasteiger partial charge in [0.05, 0.1) is 33.6 Å². The first-order valence-electron chi connectivity index (χ1n) is 22.5. The number of halogens is 6. The molecule has 0 radical (unpaired) electrons. The number of pyridine rings is 2. The Morgan fingerprint density at radius 3 is 1.32 bits per heavy atom. The SMILES string of the molecule is CC(C)c1nnc(-c2ccc(C(=O)NCCNC(=O)c3cn(-c4ccccc4)nc3C(F)(F)F)cn2)o1.CC(C)c1nnc(-c2ccc(C(=O)O)cn2)o1.NCCNC(=O)c1cn(-c2ccccc2)nc1C(F)(F)F. The zero-order chi connectivity index (χ0) is 54.5. The second-order valence-electron chi connectivity index (χ2n) is 16.3. The number of hydrogen-bond acceptors (Lipinski definition) is 15. The van der Waals surface area contributed by atoms with Crippen LogP contribution in [0.2, 0.25) is 0 Å². The van der Waals surface area contributed by atoms with Crippen LogP contribution in [0.5, 0.6) is 0 Å². The van der Waals surface area contributed by atoms with Gasteiger partial charge in [0.15, 0.2) is 11.4 Å². The molecular formula is C48H46F6N14O7. The third-order valence-corrected chi connectivity index (χ3v) is 9.97. The normalized spacial score (nSPS) is 11.3. The van der Waals surface area contributed by atoms with E-state index < -0.39 is 58.6 Å². The number of carboxylic acids is 1. The average Bonchev–Trinajstić information content (AvgIpc) is 4.25. The summed E-state index contributed by atoms with van der Waals surface area (Å²) in [6.45, 7) is 7.80. The monoisotopic (exact) mass is 1040 g/mol. The first kappa shape index (κ1) is 55.2. The van der Waals surface area contributed by atoms with Crippen LogP contribution >= 0.6 is 0 Å². The maximum Gasteiger partial charge on any atom is 0.435 e. The molecule has 3 amide bonds. The van der Waals surface area contributed by atoms with E-state index in [4.69, 9.17) is 19.7 Å². The Balaban J connectivity index is 0.000000202. The lowest BCUT2D eigenvalue weighted by atomic mass is 10.2. The molecular weight excluding hydrogens is 999 g/mol. The summed E-state index contributed by atoms with van der Waals surface area (Å²) in [5, 5.41) is 38.6. The average molecular weight is 1040 g/mol. The third-order valence-electron chi connectivity index (χ3n) is 9.97. The van der Waals surface area contributed by atoms with Gasteiger partial charge < -0.3 is 35.6 Å². The Labute approximate surface area is 421 Å². The van der Waals surface area contributed by atoms with E-state index >= 15 is 0 Å². The molecule has 6 aromatic heterocycles. The highest BCUT2D eigenvalue weighted by Crippen LogP contribution is 2.33. The van der Waals surface area contributed by atoms with Gasteiger partial charge in [0.1, 0.15) is 11.4 Å². The van der Waals surface area contributed by atoms with Crippen molar-refractivity contribution >= 4 is 23.7 Å². The molecule has 0 aliphatic heterocycles. The van der Waals surface area contributed by atoms with E-state index in [9.17, 15) is 45.5 Å². The molecule has 0 spiro atoms. The van der Waals surface area contributed by atoms with Gasteiger partial charge in [0, 0.05) is 62.8 Å². The molecule has 6 heterocycles. The molecule has 0 unspecified atom stereocenters. The van der Waals surface area contributed by atoms with Crippen molar-refractivity contribution in [3.05, 3.63) is 155 Å². The van der Waals surface area contributed by atoms with E-state index in [0.717, 1.165) is 21.8 Å². The number of nitrogens with two attached hydrogens (primary N) is 1. The third kappa shape index (κ3) is 14.7. The Hall–Kier alpha value is -9.14. The summed E-state index contributed by atoms with van der Waals surface area (Å²) in [7, 11) is 0. The molecule has 0 atom stereocenters. The highest BCUT2D eigenvalue weighted by molar-refractivity contribution is 5.96. The Bertz CT molecular complexity index is 3170. The molecule has 8 rings (SSSR count). The maximum absolute atomic E-state index is 13.5. The number of benzene rings is 2. The number of nitrogens with zero attached hydrogens (tertiary/aromatic N) is 10. The van der Waals surface area contributed by atoms with Crippen molar-refractivity contribution in [2.24, 2.45) is 5.73 Å². The lowest BCUT2D eigenvalue weighted by molar-refractivity contribution is -0.142. The van der Waals surface area contributed by atoms with Gasteiger partial charge in [-0.15, -0.1) is 20.4 Å². The van der Waals surface area contributed by atoms with Crippen LogP contribution in [0.15, 0.2) is 119 Å². The number of para-hydroxylation sites is 2. The molecule has 8 aromatic rings. The van der Waals surface area contributed by atoms with Gasteiger partial charge >= 0.3 is 18.3 Å². The van der Waals surface area contributed by atoms with E-state index in [1.54, 1.807) is 72.8 Å². The molecule has 0 aliphatic rings. The lowest BCUT2D eigenvalue weighted by Crippen LogP contribution is -2.35. The van der Waals surface area contributed by atoms with Crippen molar-refractivity contribution in [1.82, 2.24) is 65.9 Å². The van der Waals surface area contributed by atoms with Crippen LogP contribution < -0.4 is 21.7 Å². The Morgan fingerprint density at radius 2 is 0.973 bits per heavy atom. The van der Waals surface area contributed by atoms with Gasteiger partial charge in [-0.05, 0) is 48.5 Å². The van der Waals surface area contributed by atoms with Crippen LogP contribution in [0, 0.1) is 0 Å². The van der Waals surface area contributed by atoms with Crippen LogP contribution in [-0.2, 0) is 12.4 Å². The van der Waals surface area contributed by atoms with Crippen molar-refractivity contribution in [2.75, 3.05) is 26.2 Å². The molecule has 0 fully saturated rings. The summed E-state index contributed by atoms with van der Waals surface area (Å²) in [5.41, 5.74) is 3.58. The molecule has 0 saturated carbocycles. The number of aromatic carboxylic acids is 1. The zero-order valence-electron chi connectivity index (χ0n) is 40.1. The van der Waals surface area contributed by atoms with E-state index in [2.05, 4.69) is 56.5 Å². The number of amides is 3. The second kappa shape index (κ2) is 24.5. The molecule has 392 valence electrons. The summed E-state index contributed by atoms with van der Waals surface area (Å²) in [5.74, 6) is -1.57. The number of alkyl halides is 6. The van der Waals surface area contributed by atoms with Crippen LogP contribution in [-0.4, -0.2) is 105 Å². The van der Waals surface area contributed by atoms with Crippen molar-refractivity contribution in [3.63, 3.8) is 0 Å². The molecule has 0 saturated heterocycles. The highest BCUT2D eigenvalue weighted by Gasteiger charge is 2.40. The number of aromatic nitrogens is 10. The van der Waals surface area contributed by atoms with Gasteiger partial charge in [0.25, 0.3) is 29.5 Å². The number of carbonyl (C=O) groups is 4. The maximum atomic E-state index is 13.5. The fourth-order valence-corrected chi connectivity index (χ4v) is 6.20. The number of rotatable bonds is 15. The Morgan fingerprint density at radius 1 is 0.573 bits per heavy atom. The number of hydrogen-bond donors (Lipinski definition) is 5. The molecule has 0 aliphatic carbocycles. The quantitative estimate of drug-likeness (QED) is 0.0503. The topological polar surface area (TPSA) is 290 Å². The van der Waals surface area contributed by atoms with Crippen molar-refractivity contribution in [3.8, 4) is 34.5 Å². The van der Waals surface area contributed by atoms with Gasteiger partial charge in [-0.3, -0.25) is 24.4 Å². The Kier molecular flexibility index (Phi) is 18.0. The standard InChI is InChI=1S/C24H22F3N7O3.C13H13F3N4O.C11H11N3O3/c1-14(2)22-31-32-23(37-22)18-9-8-15(12-30-18)20(35)28-10-11-29-21(36)17-13-34(16-6-4-3-5-7-16)33-19(17)24(25,26)27;14-13(15,16)11-10(12(21)18-7-6-17)8-20(19-11)9-4-2-1-3-5-9;1-6(2)9-13-14-10(17-9)8-4-3-7(5-12-8)11(15)16/h3-9,12-14H,10-11H2,1-2H3,(H,28,35)(H,29,36);1-5,8H,6-7,17H2,(H,18,21);3-6H,1-2H3,(H,15,16). The minimum Gasteiger partial charge on any atom is -0.478 e. The predicted octanol–water partition coefficient (Wildman–Crippen LogP) is 7.15. The van der Waals surface area contributed by atoms with Crippen LogP contribution in [0.4, 0.5) is 26.3 Å². The van der Waals surface area contributed by atoms with E-state index in [0.29, 0.717) is 40.4 Å². The highest BCUT2D eigenvalue weighted by atomic mass is 19.4. The van der Waals surface area contributed by atoms with Crippen LogP contribution in [0.3, 0.4) is 0 Å². The summed E-state index contributed by atoms with van der Waals surface area (Å²) in [6.07, 6.45) is -4.86. The first-order valence-corrected chi connectivity index (χ1v) is 22.5. The summed E-state index contributed by atoms with van der Waals surface area (Å²) in [4.78, 5) is 55.4. The van der Waals surface area contributed by atoms with Crippen molar-refractivity contribution in [2.45, 2.75) is 51.9 Å². The van der Waals surface area contributed by atoms with Gasteiger partial charge in [-0.2, -0.15) is 36.5 Å². The van der Waals surface area contributed by atoms with Gasteiger partial charge in [0.2, 0.25) is 11.8 Å². The zero-order valence-corrected chi connectivity index (χ0v) is 40.1. The molecule has 2 aromatic carbocycles. The minimum atomic E-state index is -4.82. The molecule has 75 heavy (non-hydrogen) atoms. The minimum absolute atomic E-state index is 0.0259. The fourth-order valence-electron chi connectivity index (χ4n) is 6.20. The lowest BCUT2D eigenvalue weighted by Gasteiger charge is -2.08. The molecule has 21 nitrogen and oxygen atoms in total. The summed E-state index contributed by atoms with van der Waals surface area (Å²) < 4.78 is 92.3. The number of nitrogens with one attached hydrogen (secondary N) is 3. The van der Waals surface area contributed by atoms with Crippen LogP contribution in [0.1, 0.15) is 104 Å². The van der Waals surface area contributed by atoms with Crippen molar-refractivity contribution in [1.29, 1.82) is 0 Å². The van der Waals surface area contributed by atoms with Gasteiger partial charge in [-0.1, -0.05) is 64.1 Å². The van der Waals surface area contributed by atoms with Gasteiger partial charge in [-0.25, -0.2) is 14.2 Å².